The summed E-state index contributed by atoms with van der Waals surface area (Å²) in [6.45, 7) is 4.13. The fourth-order valence-electron chi connectivity index (χ4n) is 3.62. The van der Waals surface area contributed by atoms with Crippen LogP contribution in [0.2, 0.25) is 0 Å². The number of carbonyl (C=O) groups is 1. The number of nitrogens with zero attached hydrogens (tertiary/aromatic N) is 1. The SMILES string of the molecule is NC1(C(=O)NCC2CCN(Cc3cccs3)CC2)CCCC1. The van der Waals surface area contributed by atoms with E-state index in [2.05, 4.69) is 27.7 Å². The smallest absolute Gasteiger partial charge is 0.240 e. The van der Waals surface area contributed by atoms with Crippen molar-refractivity contribution in [3.05, 3.63) is 22.4 Å². The number of nitrogens with one attached hydrogen (secondary N) is 1. The molecule has 1 saturated heterocycles. The minimum absolute atomic E-state index is 0.0750. The third kappa shape index (κ3) is 3.89. The standard InChI is InChI=1S/C17H27N3OS/c18-17(7-1-2-8-17)16(21)19-12-14-5-9-20(10-6-14)13-15-4-3-11-22-15/h3-4,11,14H,1-2,5-10,12-13,18H2,(H,19,21). The lowest BCUT2D eigenvalue weighted by Crippen LogP contribution is -2.53. The highest BCUT2D eigenvalue weighted by Crippen LogP contribution is 2.27. The van der Waals surface area contributed by atoms with Crippen LogP contribution < -0.4 is 11.1 Å². The molecule has 22 heavy (non-hydrogen) atoms. The van der Waals surface area contributed by atoms with Crippen LogP contribution in [-0.4, -0.2) is 36.0 Å². The lowest BCUT2D eigenvalue weighted by Gasteiger charge is -2.32. The van der Waals surface area contributed by atoms with Gasteiger partial charge in [-0.15, -0.1) is 11.3 Å². The first-order valence-corrected chi connectivity index (χ1v) is 9.36. The number of piperidine rings is 1. The molecular weight excluding hydrogens is 294 g/mol. The van der Waals surface area contributed by atoms with Crippen molar-refractivity contribution >= 4 is 17.2 Å². The number of hydrogen-bond donors (Lipinski definition) is 2. The largest absolute Gasteiger partial charge is 0.354 e. The summed E-state index contributed by atoms with van der Waals surface area (Å²) >= 11 is 1.83. The van der Waals surface area contributed by atoms with E-state index in [1.807, 2.05) is 11.3 Å². The Kier molecular flexibility index (Phi) is 5.16. The fourth-order valence-corrected chi connectivity index (χ4v) is 4.36. The predicted molar refractivity (Wildman–Crippen MR) is 90.7 cm³/mol. The van der Waals surface area contributed by atoms with Crippen molar-refractivity contribution in [3.8, 4) is 0 Å². The number of amides is 1. The highest BCUT2D eigenvalue weighted by molar-refractivity contribution is 7.09. The summed E-state index contributed by atoms with van der Waals surface area (Å²) < 4.78 is 0. The second-order valence-electron chi connectivity index (χ2n) is 6.87. The zero-order valence-corrected chi connectivity index (χ0v) is 14.0. The first-order valence-electron chi connectivity index (χ1n) is 8.48. The van der Waals surface area contributed by atoms with Crippen LogP contribution in [0.25, 0.3) is 0 Å². The van der Waals surface area contributed by atoms with E-state index >= 15 is 0 Å². The van der Waals surface area contributed by atoms with Gasteiger partial charge >= 0.3 is 0 Å². The van der Waals surface area contributed by atoms with Crippen LogP contribution in [-0.2, 0) is 11.3 Å². The molecule has 0 unspecified atom stereocenters. The molecule has 2 fully saturated rings. The third-order valence-electron chi connectivity index (χ3n) is 5.17. The summed E-state index contributed by atoms with van der Waals surface area (Å²) in [5.74, 6) is 0.680. The molecule has 3 rings (SSSR count). The molecule has 5 heteroatoms. The lowest BCUT2D eigenvalue weighted by molar-refractivity contribution is -0.126. The highest BCUT2D eigenvalue weighted by Gasteiger charge is 2.37. The second-order valence-corrected chi connectivity index (χ2v) is 7.90. The molecule has 0 spiro atoms. The van der Waals surface area contributed by atoms with Crippen molar-refractivity contribution in [2.45, 2.75) is 50.6 Å². The lowest BCUT2D eigenvalue weighted by atomic mass is 9.94. The summed E-state index contributed by atoms with van der Waals surface area (Å²) in [4.78, 5) is 16.2. The van der Waals surface area contributed by atoms with Gasteiger partial charge in [0, 0.05) is 18.0 Å². The molecule has 0 aromatic carbocycles. The van der Waals surface area contributed by atoms with Crippen molar-refractivity contribution < 1.29 is 4.79 Å². The first kappa shape index (κ1) is 16.0. The first-order chi connectivity index (χ1) is 10.7. The molecule has 0 bridgehead atoms. The van der Waals surface area contributed by atoms with Crippen LogP contribution in [0.1, 0.15) is 43.4 Å². The summed E-state index contributed by atoms with van der Waals surface area (Å²) in [5, 5.41) is 5.26. The quantitative estimate of drug-likeness (QED) is 0.875. The maximum atomic E-state index is 12.2. The molecule has 1 aliphatic heterocycles. The third-order valence-corrected chi connectivity index (χ3v) is 6.03. The van der Waals surface area contributed by atoms with E-state index in [4.69, 9.17) is 5.73 Å². The van der Waals surface area contributed by atoms with Gasteiger partial charge in [-0.05, 0) is 56.1 Å². The molecule has 2 heterocycles. The number of hydrogen-bond acceptors (Lipinski definition) is 4. The highest BCUT2D eigenvalue weighted by atomic mass is 32.1. The molecule has 1 aliphatic carbocycles. The van der Waals surface area contributed by atoms with E-state index in [0.717, 1.165) is 51.9 Å². The van der Waals surface area contributed by atoms with Crippen molar-refractivity contribution in [1.82, 2.24) is 10.2 Å². The Labute approximate surface area is 137 Å². The number of thiophene rings is 1. The van der Waals surface area contributed by atoms with Gasteiger partial charge < -0.3 is 11.1 Å². The van der Waals surface area contributed by atoms with Gasteiger partial charge in [0.05, 0.1) is 5.54 Å². The number of nitrogens with two attached hydrogens (primary N) is 1. The predicted octanol–water partition coefficient (Wildman–Crippen LogP) is 2.35. The number of likely N-dealkylation sites (tertiary alicyclic amines) is 1. The van der Waals surface area contributed by atoms with Crippen LogP contribution in [0.15, 0.2) is 17.5 Å². The molecule has 3 N–H and O–H groups in total. The van der Waals surface area contributed by atoms with Crippen LogP contribution >= 0.6 is 11.3 Å². The van der Waals surface area contributed by atoms with E-state index in [1.54, 1.807) is 0 Å². The van der Waals surface area contributed by atoms with Crippen LogP contribution in [0, 0.1) is 5.92 Å². The van der Waals surface area contributed by atoms with Gasteiger partial charge in [-0.2, -0.15) is 0 Å². The monoisotopic (exact) mass is 321 g/mol. The normalized spacial score (nSPS) is 22.8. The maximum Gasteiger partial charge on any atom is 0.240 e. The Bertz CT molecular complexity index is 474. The van der Waals surface area contributed by atoms with Gasteiger partial charge in [-0.3, -0.25) is 9.69 Å². The van der Waals surface area contributed by atoms with E-state index in [1.165, 1.54) is 17.7 Å². The van der Waals surface area contributed by atoms with Gasteiger partial charge in [0.15, 0.2) is 0 Å². The summed E-state index contributed by atoms with van der Waals surface area (Å²) in [7, 11) is 0. The Balaban J connectivity index is 1.38. The van der Waals surface area contributed by atoms with E-state index in [-0.39, 0.29) is 5.91 Å². The molecule has 2 aliphatic rings. The van der Waals surface area contributed by atoms with Crippen molar-refractivity contribution in [3.63, 3.8) is 0 Å². The Morgan fingerprint density at radius 2 is 2.09 bits per heavy atom. The van der Waals surface area contributed by atoms with Crippen molar-refractivity contribution in [2.75, 3.05) is 19.6 Å². The Morgan fingerprint density at radius 3 is 2.73 bits per heavy atom. The molecule has 1 aromatic rings. The van der Waals surface area contributed by atoms with Crippen LogP contribution in [0.5, 0.6) is 0 Å². The Morgan fingerprint density at radius 1 is 1.36 bits per heavy atom. The minimum atomic E-state index is -0.583. The van der Waals surface area contributed by atoms with Gasteiger partial charge in [0.2, 0.25) is 5.91 Å². The second kappa shape index (κ2) is 7.11. The number of carbonyl (C=O) groups excluding carboxylic acids is 1. The molecular formula is C17H27N3OS. The van der Waals surface area contributed by atoms with Gasteiger partial charge in [0.1, 0.15) is 0 Å². The topological polar surface area (TPSA) is 58.4 Å². The average molecular weight is 321 g/mol. The van der Waals surface area contributed by atoms with Crippen molar-refractivity contribution in [2.24, 2.45) is 11.7 Å². The average Bonchev–Trinajstić information content (AvgIpc) is 3.19. The maximum absolute atomic E-state index is 12.2. The fraction of sp³-hybridized carbons (Fsp3) is 0.706. The molecule has 1 amide bonds. The minimum Gasteiger partial charge on any atom is -0.354 e. The zero-order chi connectivity index (χ0) is 15.4. The van der Waals surface area contributed by atoms with Crippen LogP contribution in [0.3, 0.4) is 0 Å². The van der Waals surface area contributed by atoms with Crippen LogP contribution in [0.4, 0.5) is 0 Å². The van der Waals surface area contributed by atoms with Gasteiger partial charge in [0.25, 0.3) is 0 Å². The molecule has 1 aromatic heterocycles. The van der Waals surface area contributed by atoms with Crippen molar-refractivity contribution in [1.29, 1.82) is 0 Å². The summed E-state index contributed by atoms with van der Waals surface area (Å²) in [6, 6.07) is 4.33. The van der Waals surface area contributed by atoms with E-state index in [0.29, 0.717) is 5.92 Å². The van der Waals surface area contributed by atoms with Gasteiger partial charge in [-0.25, -0.2) is 0 Å². The molecule has 0 atom stereocenters. The summed E-state index contributed by atoms with van der Waals surface area (Å²) in [6.07, 6.45) is 6.21. The Hall–Kier alpha value is -0.910. The molecule has 1 saturated carbocycles. The number of rotatable bonds is 5. The van der Waals surface area contributed by atoms with E-state index < -0.39 is 5.54 Å². The molecule has 0 radical (unpaired) electrons. The van der Waals surface area contributed by atoms with Gasteiger partial charge in [-0.1, -0.05) is 18.9 Å². The summed E-state index contributed by atoms with van der Waals surface area (Å²) in [5.41, 5.74) is 5.61. The molecule has 122 valence electrons. The zero-order valence-electron chi connectivity index (χ0n) is 13.2. The van der Waals surface area contributed by atoms with E-state index in [9.17, 15) is 4.79 Å². The molecule has 4 nitrogen and oxygen atoms in total.